The van der Waals surface area contributed by atoms with Gasteiger partial charge in [-0.2, -0.15) is 0 Å². The summed E-state index contributed by atoms with van der Waals surface area (Å²) in [5.41, 5.74) is 5.91. The first kappa shape index (κ1) is 24.2. The monoisotopic (exact) mass is 424 g/mol. The molecule has 0 unspecified atom stereocenters. The van der Waals surface area contributed by atoms with Gasteiger partial charge in [0.25, 0.3) is 0 Å². The van der Waals surface area contributed by atoms with Crippen molar-refractivity contribution in [1.82, 2.24) is 4.90 Å². The van der Waals surface area contributed by atoms with Crippen molar-refractivity contribution < 1.29 is 28.5 Å². The molecule has 0 bridgehead atoms. The van der Waals surface area contributed by atoms with Gasteiger partial charge in [0.05, 0.1) is 39.1 Å². The Bertz CT molecular complexity index is 626. The van der Waals surface area contributed by atoms with Crippen LogP contribution in [0.1, 0.15) is 33.6 Å². The highest BCUT2D eigenvalue weighted by atomic mass is 16.6. The van der Waals surface area contributed by atoms with Gasteiger partial charge in [-0.3, -0.25) is 0 Å². The Morgan fingerprint density at radius 3 is 2.30 bits per heavy atom. The summed E-state index contributed by atoms with van der Waals surface area (Å²) in [5, 5.41) is 0. The molecule has 0 atom stereocenters. The molecule has 1 heterocycles. The van der Waals surface area contributed by atoms with Gasteiger partial charge < -0.3 is 34.3 Å². The van der Waals surface area contributed by atoms with E-state index in [-0.39, 0.29) is 12.2 Å². The van der Waals surface area contributed by atoms with Gasteiger partial charge in [-0.25, -0.2) is 4.79 Å². The van der Waals surface area contributed by atoms with Crippen LogP contribution in [0.2, 0.25) is 0 Å². The van der Waals surface area contributed by atoms with Gasteiger partial charge in [-0.05, 0) is 45.7 Å². The molecule has 1 amide bonds. The van der Waals surface area contributed by atoms with E-state index < -0.39 is 5.60 Å². The molecule has 1 aliphatic heterocycles. The molecule has 1 aliphatic rings. The number of hydrogen-bond donors (Lipinski definition) is 1. The summed E-state index contributed by atoms with van der Waals surface area (Å²) in [5.74, 6) is 0.740. The number of amides is 1. The predicted octanol–water partition coefficient (Wildman–Crippen LogP) is 3.10. The molecule has 0 aromatic heterocycles. The standard InChI is InChI=1S/C22H36N2O6/c1-22(2,3)30-21(25)24-9-7-19(8-10-24)28-15-13-26-11-12-27-14-16-29-20-6-4-5-18(23)17-20/h4-6,17,19H,7-16,23H2,1-3H3. The van der Waals surface area contributed by atoms with Crippen molar-refractivity contribution in [1.29, 1.82) is 0 Å². The summed E-state index contributed by atoms with van der Waals surface area (Å²) >= 11 is 0. The second-order valence-electron chi connectivity index (χ2n) is 8.18. The number of likely N-dealkylation sites (tertiary alicyclic amines) is 1. The SMILES string of the molecule is CC(C)(C)OC(=O)N1CCC(OCCOCCOCCOc2cccc(N)c2)CC1. The van der Waals surface area contributed by atoms with Crippen molar-refractivity contribution in [2.75, 3.05) is 58.5 Å². The Morgan fingerprint density at radius 2 is 1.67 bits per heavy atom. The van der Waals surface area contributed by atoms with Crippen LogP contribution in [0.4, 0.5) is 10.5 Å². The van der Waals surface area contributed by atoms with E-state index in [0.29, 0.717) is 58.4 Å². The topological polar surface area (TPSA) is 92.5 Å². The Hall–Kier alpha value is -2.03. The minimum Gasteiger partial charge on any atom is -0.491 e. The van der Waals surface area contributed by atoms with Crippen molar-refractivity contribution in [3.05, 3.63) is 24.3 Å². The van der Waals surface area contributed by atoms with Crippen LogP contribution in [0, 0.1) is 0 Å². The second kappa shape index (κ2) is 12.6. The second-order valence-corrected chi connectivity index (χ2v) is 8.18. The molecule has 30 heavy (non-hydrogen) atoms. The van der Waals surface area contributed by atoms with Crippen molar-refractivity contribution in [2.45, 2.75) is 45.3 Å². The van der Waals surface area contributed by atoms with E-state index in [0.717, 1.165) is 18.6 Å². The Morgan fingerprint density at radius 1 is 1.03 bits per heavy atom. The van der Waals surface area contributed by atoms with Crippen molar-refractivity contribution in [3.63, 3.8) is 0 Å². The zero-order valence-corrected chi connectivity index (χ0v) is 18.4. The molecule has 0 radical (unpaired) electrons. The van der Waals surface area contributed by atoms with Crippen LogP contribution in [-0.2, 0) is 18.9 Å². The predicted molar refractivity (Wildman–Crippen MR) is 115 cm³/mol. The van der Waals surface area contributed by atoms with Gasteiger partial charge in [-0.15, -0.1) is 0 Å². The maximum Gasteiger partial charge on any atom is 0.410 e. The first-order valence-corrected chi connectivity index (χ1v) is 10.6. The number of hydrogen-bond acceptors (Lipinski definition) is 7. The van der Waals surface area contributed by atoms with Crippen LogP contribution in [0.5, 0.6) is 5.75 Å². The zero-order valence-electron chi connectivity index (χ0n) is 18.4. The number of nitrogen functional groups attached to an aromatic ring is 1. The highest BCUT2D eigenvalue weighted by Gasteiger charge is 2.27. The maximum atomic E-state index is 12.1. The molecule has 1 saturated heterocycles. The quantitative estimate of drug-likeness (QED) is 0.431. The minimum absolute atomic E-state index is 0.160. The maximum absolute atomic E-state index is 12.1. The van der Waals surface area contributed by atoms with Gasteiger partial charge >= 0.3 is 6.09 Å². The van der Waals surface area contributed by atoms with Gasteiger partial charge in [0.1, 0.15) is 18.0 Å². The van der Waals surface area contributed by atoms with Crippen LogP contribution >= 0.6 is 0 Å². The van der Waals surface area contributed by atoms with Gasteiger partial charge in [0.2, 0.25) is 0 Å². The van der Waals surface area contributed by atoms with E-state index in [9.17, 15) is 4.79 Å². The molecule has 2 N–H and O–H groups in total. The van der Waals surface area contributed by atoms with E-state index in [1.807, 2.05) is 39.0 Å². The number of carbonyl (C=O) groups is 1. The summed E-state index contributed by atoms with van der Waals surface area (Å²) in [6, 6.07) is 7.31. The molecule has 0 saturated carbocycles. The van der Waals surface area contributed by atoms with E-state index >= 15 is 0 Å². The van der Waals surface area contributed by atoms with E-state index in [1.165, 1.54) is 0 Å². The Labute approximate surface area is 179 Å². The minimum atomic E-state index is -0.463. The molecule has 8 heteroatoms. The van der Waals surface area contributed by atoms with E-state index in [4.69, 9.17) is 29.4 Å². The smallest absolute Gasteiger partial charge is 0.410 e. The third-order valence-electron chi connectivity index (χ3n) is 4.40. The molecular formula is C22H36N2O6. The molecular weight excluding hydrogens is 388 g/mol. The molecule has 170 valence electrons. The number of anilines is 1. The third kappa shape index (κ3) is 10.1. The summed E-state index contributed by atoms with van der Waals surface area (Å²) < 4.78 is 27.8. The summed E-state index contributed by atoms with van der Waals surface area (Å²) in [6.45, 7) is 9.98. The molecule has 0 aliphatic carbocycles. The highest BCUT2D eigenvalue weighted by Crippen LogP contribution is 2.17. The summed E-state index contributed by atoms with van der Waals surface area (Å²) in [4.78, 5) is 13.8. The first-order chi connectivity index (χ1) is 14.3. The molecule has 2 rings (SSSR count). The lowest BCUT2D eigenvalue weighted by atomic mass is 10.1. The van der Waals surface area contributed by atoms with Crippen LogP contribution in [-0.4, -0.2) is 75.4 Å². The zero-order chi connectivity index (χ0) is 21.8. The van der Waals surface area contributed by atoms with Crippen LogP contribution < -0.4 is 10.5 Å². The fourth-order valence-electron chi connectivity index (χ4n) is 2.95. The number of nitrogens with two attached hydrogens (primary N) is 1. The Kier molecular flexibility index (Phi) is 10.2. The fraction of sp³-hybridized carbons (Fsp3) is 0.682. The van der Waals surface area contributed by atoms with Crippen LogP contribution in [0.15, 0.2) is 24.3 Å². The number of ether oxygens (including phenoxy) is 5. The summed E-state index contributed by atoms with van der Waals surface area (Å²) in [6.07, 6.45) is 1.54. The van der Waals surface area contributed by atoms with Crippen LogP contribution in [0.25, 0.3) is 0 Å². The lowest BCUT2D eigenvalue weighted by Gasteiger charge is -2.33. The van der Waals surface area contributed by atoms with Gasteiger partial charge in [0, 0.05) is 24.8 Å². The molecule has 1 aromatic carbocycles. The van der Waals surface area contributed by atoms with Crippen LogP contribution in [0.3, 0.4) is 0 Å². The largest absolute Gasteiger partial charge is 0.491 e. The average Bonchev–Trinajstić information content (AvgIpc) is 2.68. The fourth-order valence-corrected chi connectivity index (χ4v) is 2.95. The molecule has 8 nitrogen and oxygen atoms in total. The average molecular weight is 425 g/mol. The van der Waals surface area contributed by atoms with Crippen molar-refractivity contribution in [2.24, 2.45) is 0 Å². The lowest BCUT2D eigenvalue weighted by Crippen LogP contribution is -2.43. The molecule has 0 spiro atoms. The lowest BCUT2D eigenvalue weighted by molar-refractivity contribution is -0.0364. The first-order valence-electron chi connectivity index (χ1n) is 10.6. The third-order valence-corrected chi connectivity index (χ3v) is 4.40. The number of nitrogens with zero attached hydrogens (tertiary/aromatic N) is 1. The van der Waals surface area contributed by atoms with Crippen molar-refractivity contribution >= 4 is 11.8 Å². The van der Waals surface area contributed by atoms with Gasteiger partial charge in [-0.1, -0.05) is 6.07 Å². The number of carbonyl (C=O) groups excluding carboxylic acids is 1. The Balaban J connectivity index is 1.40. The number of benzene rings is 1. The van der Waals surface area contributed by atoms with Crippen molar-refractivity contribution in [3.8, 4) is 5.75 Å². The van der Waals surface area contributed by atoms with E-state index in [2.05, 4.69) is 0 Å². The van der Waals surface area contributed by atoms with Gasteiger partial charge in [0.15, 0.2) is 0 Å². The summed E-state index contributed by atoms with van der Waals surface area (Å²) in [7, 11) is 0. The normalized spacial score (nSPS) is 15.2. The molecule has 1 aromatic rings. The molecule has 1 fully saturated rings. The number of rotatable bonds is 11. The van der Waals surface area contributed by atoms with E-state index in [1.54, 1.807) is 11.0 Å². The number of piperidine rings is 1. The highest BCUT2D eigenvalue weighted by molar-refractivity contribution is 5.68.